The summed E-state index contributed by atoms with van der Waals surface area (Å²) in [5, 5.41) is 28.8. The summed E-state index contributed by atoms with van der Waals surface area (Å²) in [4.78, 5) is 26.5. The van der Waals surface area contributed by atoms with E-state index >= 15 is 0 Å². The van der Waals surface area contributed by atoms with Crippen LogP contribution in [0.15, 0.2) is 60.7 Å². The van der Waals surface area contributed by atoms with E-state index in [0.717, 1.165) is 50.0 Å². The summed E-state index contributed by atoms with van der Waals surface area (Å²) in [6.07, 6.45) is 37.2. The quantitative estimate of drug-likeness (QED) is 0.0346. The van der Waals surface area contributed by atoms with Crippen LogP contribution in [0.1, 0.15) is 234 Å². The molecule has 9 unspecified atom stereocenters. The van der Waals surface area contributed by atoms with Crippen LogP contribution < -0.4 is 15.7 Å². The molecular weight excluding hydrogens is 1010 g/mol. The van der Waals surface area contributed by atoms with Crippen LogP contribution >= 0.6 is 23.5 Å². The summed E-state index contributed by atoms with van der Waals surface area (Å²) >= 11 is 4.31. The highest BCUT2D eigenvalue weighted by Crippen LogP contribution is 2.67. The smallest absolute Gasteiger partial charge is 0.309 e. The molecule has 2 aromatic rings. The molecule has 8 fully saturated rings. The standard InChI is InChI=1S/C69H111NO5S2Si/c1-6-8-10-16-27-55(63-57-41-51-39-52(42-57)46-68(63,45-51)65(71)72)49-76-37-24-14-18-29-59(70-62(35-26-36-67(3,4)5)75-78(60-31-20-12-21-32-60)61-33-22-13-23-34-61)30-19-15-25-38-77-50-56(28-17-11-9-7-2)64-58-43-53-40-54(44-58)48-69(64,47-53)66(73)74/h12-13,20-23,31-34,51-59,62-64,70,78H,6-11,14-19,24-30,35-50H2,1-5H3,(H,71,72)(H,73,74). The van der Waals surface area contributed by atoms with Crippen LogP contribution in [0.5, 0.6) is 0 Å². The van der Waals surface area contributed by atoms with Gasteiger partial charge in [-0.25, -0.2) is 0 Å². The van der Waals surface area contributed by atoms with Crippen LogP contribution in [-0.4, -0.2) is 66.5 Å². The molecule has 78 heavy (non-hydrogen) atoms. The zero-order valence-corrected chi connectivity index (χ0v) is 52.8. The van der Waals surface area contributed by atoms with E-state index < -0.39 is 31.8 Å². The van der Waals surface area contributed by atoms with E-state index in [1.807, 2.05) is 0 Å². The molecule has 8 aliphatic rings. The number of hydrogen-bond acceptors (Lipinski definition) is 6. The zero-order valence-electron chi connectivity index (χ0n) is 50.0. The van der Waals surface area contributed by atoms with Crippen LogP contribution in [-0.2, 0) is 14.0 Å². The average Bonchev–Trinajstić information content (AvgIpc) is 3.55. The first-order valence-electron chi connectivity index (χ1n) is 32.9. The Morgan fingerprint density at radius 2 is 0.974 bits per heavy atom. The summed E-state index contributed by atoms with van der Waals surface area (Å²) < 4.78 is 7.48. The zero-order chi connectivity index (χ0) is 55.0. The van der Waals surface area contributed by atoms with E-state index in [-0.39, 0.29) is 11.6 Å². The van der Waals surface area contributed by atoms with Crippen molar-refractivity contribution in [2.24, 2.45) is 75.4 Å². The van der Waals surface area contributed by atoms with E-state index in [0.29, 0.717) is 65.2 Å². The Hall–Kier alpha value is -1.78. The summed E-state index contributed by atoms with van der Waals surface area (Å²) in [7, 11) is -1.98. The van der Waals surface area contributed by atoms with E-state index in [2.05, 4.69) is 124 Å². The molecule has 10 rings (SSSR count). The molecule has 8 aliphatic carbocycles. The van der Waals surface area contributed by atoms with Crippen molar-refractivity contribution < 1.29 is 24.2 Å². The van der Waals surface area contributed by atoms with Gasteiger partial charge >= 0.3 is 11.9 Å². The van der Waals surface area contributed by atoms with Gasteiger partial charge in [-0.05, 0) is 220 Å². The minimum absolute atomic E-state index is 0.00241. The third-order valence-electron chi connectivity index (χ3n) is 21.2. The molecule has 438 valence electrons. The summed E-state index contributed by atoms with van der Waals surface area (Å²) in [6.45, 7) is 11.7. The van der Waals surface area contributed by atoms with E-state index in [1.54, 1.807) is 0 Å². The van der Waals surface area contributed by atoms with Crippen molar-refractivity contribution in [3.63, 3.8) is 0 Å². The number of rotatable bonds is 39. The van der Waals surface area contributed by atoms with Crippen molar-refractivity contribution in [1.29, 1.82) is 0 Å². The second-order valence-corrected chi connectivity index (χ2v) is 33.1. The number of unbranched alkanes of at least 4 members (excludes halogenated alkanes) is 10. The van der Waals surface area contributed by atoms with Crippen molar-refractivity contribution in [1.82, 2.24) is 5.32 Å². The molecule has 0 aliphatic heterocycles. The van der Waals surface area contributed by atoms with Gasteiger partial charge in [-0.1, -0.05) is 172 Å². The van der Waals surface area contributed by atoms with Gasteiger partial charge in [0.15, 0.2) is 0 Å². The predicted octanol–water partition coefficient (Wildman–Crippen LogP) is 16.9. The van der Waals surface area contributed by atoms with Crippen LogP contribution in [0, 0.1) is 75.4 Å². The Morgan fingerprint density at radius 3 is 1.37 bits per heavy atom. The molecule has 9 heteroatoms. The van der Waals surface area contributed by atoms with Crippen molar-refractivity contribution in [3.05, 3.63) is 60.7 Å². The minimum atomic E-state index is -1.98. The third kappa shape index (κ3) is 16.9. The second kappa shape index (κ2) is 30.7. The van der Waals surface area contributed by atoms with Gasteiger partial charge in [-0.2, -0.15) is 23.5 Å². The maximum absolute atomic E-state index is 13.3. The lowest BCUT2D eigenvalue weighted by Crippen LogP contribution is -2.58. The molecule has 2 aromatic carbocycles. The van der Waals surface area contributed by atoms with Crippen molar-refractivity contribution >= 4 is 54.9 Å². The Bertz CT molecular complexity index is 1910. The fraction of sp³-hybridized carbons (Fsp3) is 0.797. The lowest BCUT2D eigenvalue weighted by atomic mass is 9.43. The molecule has 0 saturated heterocycles. The third-order valence-corrected chi connectivity index (χ3v) is 26.2. The maximum atomic E-state index is 13.3. The number of thioether (sulfide) groups is 2. The topological polar surface area (TPSA) is 95.9 Å². The number of benzene rings is 2. The Balaban J connectivity index is 0.882. The number of carboxylic acids is 2. The minimum Gasteiger partial charge on any atom is -0.481 e. The lowest BCUT2D eigenvalue weighted by Gasteiger charge is -2.61. The number of nitrogens with one attached hydrogen (secondary N) is 1. The first-order valence-corrected chi connectivity index (χ1v) is 36.9. The molecule has 6 nitrogen and oxygen atoms in total. The molecule has 0 heterocycles. The monoisotopic (exact) mass is 1130 g/mol. The van der Waals surface area contributed by atoms with E-state index in [4.69, 9.17) is 4.43 Å². The van der Waals surface area contributed by atoms with Gasteiger partial charge in [0.1, 0.15) is 0 Å². The molecule has 3 N–H and O–H groups in total. The highest BCUT2D eigenvalue weighted by molar-refractivity contribution is 7.99. The molecule has 0 amide bonds. The van der Waals surface area contributed by atoms with Gasteiger partial charge in [0.2, 0.25) is 9.04 Å². The highest BCUT2D eigenvalue weighted by atomic mass is 32.2. The second-order valence-electron chi connectivity index (χ2n) is 28.4. The van der Waals surface area contributed by atoms with Crippen molar-refractivity contribution in [2.75, 3.05) is 23.0 Å². The van der Waals surface area contributed by atoms with Crippen LogP contribution in [0.3, 0.4) is 0 Å². The summed E-state index contributed by atoms with van der Waals surface area (Å²) in [6, 6.07) is 22.5. The first kappa shape index (κ1) is 62.3. The van der Waals surface area contributed by atoms with E-state index in [9.17, 15) is 19.8 Å². The van der Waals surface area contributed by atoms with Gasteiger partial charge in [0, 0.05) is 6.04 Å². The number of hydrogen-bond donors (Lipinski definition) is 3. The van der Waals surface area contributed by atoms with Crippen molar-refractivity contribution in [3.8, 4) is 0 Å². The first-order chi connectivity index (χ1) is 37.8. The molecule has 8 bridgehead atoms. The largest absolute Gasteiger partial charge is 0.481 e. The molecule has 0 radical (unpaired) electrons. The van der Waals surface area contributed by atoms with E-state index in [1.165, 1.54) is 182 Å². The fourth-order valence-electron chi connectivity index (χ4n) is 18.2. The number of aliphatic carboxylic acids is 2. The SMILES string of the molecule is CCCCCCC(CSCCCCCC(CCCCCSCC(CCCCCC)C1C2CC3CC(C2)CC1(C(=O)O)C3)NC(CCCC(C)(C)C)O[SiH](c1ccccc1)c1ccccc1)C1C2CC3CC(C2)CC1(C(=O)O)C3. The molecule has 8 saturated carbocycles. The Morgan fingerprint density at radius 1 is 0.564 bits per heavy atom. The highest BCUT2D eigenvalue weighted by Gasteiger charge is 2.63. The summed E-state index contributed by atoms with van der Waals surface area (Å²) in [5.74, 6) is 9.46. The normalized spacial score (nSPS) is 29.5. The van der Waals surface area contributed by atoms with Gasteiger partial charge in [-0.15, -0.1) is 0 Å². The van der Waals surface area contributed by atoms with Crippen LogP contribution in [0.25, 0.3) is 0 Å². The van der Waals surface area contributed by atoms with Gasteiger partial charge in [0.25, 0.3) is 0 Å². The Kier molecular flexibility index (Phi) is 24.5. The molecule has 0 spiro atoms. The summed E-state index contributed by atoms with van der Waals surface area (Å²) in [5.41, 5.74) is -0.634. The fourth-order valence-corrected chi connectivity index (χ4v) is 23.1. The van der Waals surface area contributed by atoms with Gasteiger partial charge in [0.05, 0.1) is 17.1 Å². The lowest BCUT2D eigenvalue weighted by molar-refractivity contribution is -0.183. The number of carbonyl (C=O) groups is 2. The van der Waals surface area contributed by atoms with Crippen molar-refractivity contribution in [2.45, 2.75) is 246 Å². The van der Waals surface area contributed by atoms with Crippen LogP contribution in [0.4, 0.5) is 0 Å². The predicted molar refractivity (Wildman–Crippen MR) is 335 cm³/mol. The molecule has 0 aromatic heterocycles. The van der Waals surface area contributed by atoms with Gasteiger partial charge < -0.3 is 14.6 Å². The van der Waals surface area contributed by atoms with Crippen LogP contribution in [0.2, 0.25) is 0 Å². The average molecular weight is 1130 g/mol. The maximum Gasteiger partial charge on any atom is 0.309 e. The Labute approximate surface area is 486 Å². The molecular formula is C69H111NO5S2Si. The van der Waals surface area contributed by atoms with Gasteiger partial charge in [-0.3, -0.25) is 14.9 Å². The molecule has 9 atom stereocenters. The number of carboxylic acid groups (broad SMARTS) is 2.